The Hall–Kier alpha value is -2.89. The van der Waals surface area contributed by atoms with Gasteiger partial charge in [0.2, 0.25) is 5.91 Å². The molecule has 1 aliphatic heterocycles. The predicted octanol–water partition coefficient (Wildman–Crippen LogP) is 2.60. The number of fused-ring (bicyclic) bond motifs is 1. The average molecular weight is 367 g/mol. The molecule has 27 heavy (non-hydrogen) atoms. The lowest BCUT2D eigenvalue weighted by Crippen LogP contribution is -2.38. The highest BCUT2D eigenvalue weighted by Gasteiger charge is 2.28. The lowest BCUT2D eigenvalue weighted by atomic mass is 9.89. The van der Waals surface area contributed by atoms with Crippen molar-refractivity contribution in [2.45, 2.75) is 32.6 Å². The highest BCUT2D eigenvalue weighted by Crippen LogP contribution is 2.34. The van der Waals surface area contributed by atoms with Crippen LogP contribution in [0, 0.1) is 6.92 Å². The van der Waals surface area contributed by atoms with Crippen molar-refractivity contribution in [1.29, 1.82) is 0 Å². The van der Waals surface area contributed by atoms with Crippen LogP contribution in [0.15, 0.2) is 36.4 Å². The van der Waals surface area contributed by atoms with Gasteiger partial charge in [0, 0.05) is 37.3 Å². The lowest BCUT2D eigenvalue weighted by molar-refractivity contribution is -0.124. The maximum Gasteiger partial charge on any atom is 0.257 e. The highest BCUT2D eigenvalue weighted by atomic mass is 16.5. The third-order valence-corrected chi connectivity index (χ3v) is 4.84. The quantitative estimate of drug-likeness (QED) is 0.852. The van der Waals surface area contributed by atoms with E-state index in [1.54, 1.807) is 11.9 Å². The number of ether oxygens (including phenoxy) is 1. The minimum absolute atomic E-state index is 0.0268. The van der Waals surface area contributed by atoms with E-state index in [1.807, 2.05) is 50.2 Å². The molecule has 0 aliphatic carbocycles. The van der Waals surface area contributed by atoms with Crippen molar-refractivity contribution in [3.63, 3.8) is 0 Å². The van der Waals surface area contributed by atoms with Crippen LogP contribution in [-0.2, 0) is 16.0 Å². The Kier molecular flexibility index (Phi) is 5.74. The largest absolute Gasteiger partial charge is 0.482 e. The molecule has 3 rings (SSSR count). The van der Waals surface area contributed by atoms with Gasteiger partial charge in [0.25, 0.3) is 5.91 Å². The van der Waals surface area contributed by atoms with Crippen molar-refractivity contribution in [2.24, 2.45) is 0 Å². The molecule has 0 radical (unpaired) electrons. The summed E-state index contributed by atoms with van der Waals surface area (Å²) in [4.78, 5) is 30.5. The smallest absolute Gasteiger partial charge is 0.257 e. The van der Waals surface area contributed by atoms with Crippen molar-refractivity contribution in [2.75, 3.05) is 25.1 Å². The first kappa shape index (κ1) is 18.9. The van der Waals surface area contributed by atoms with E-state index in [0.29, 0.717) is 18.7 Å². The van der Waals surface area contributed by atoms with Crippen LogP contribution in [0.5, 0.6) is 5.75 Å². The Morgan fingerprint density at radius 1 is 1.30 bits per heavy atom. The summed E-state index contributed by atoms with van der Waals surface area (Å²) in [6.45, 7) is 4.27. The Balaban J connectivity index is 1.58. The Morgan fingerprint density at radius 2 is 2.07 bits per heavy atom. The van der Waals surface area contributed by atoms with Gasteiger partial charge in [0.1, 0.15) is 5.75 Å². The molecule has 2 amide bonds. The Morgan fingerprint density at radius 3 is 2.85 bits per heavy atom. The topological polar surface area (TPSA) is 71.5 Å². The molecule has 0 unspecified atom stereocenters. The van der Waals surface area contributed by atoms with Crippen molar-refractivity contribution in [3.8, 4) is 5.75 Å². The van der Waals surface area contributed by atoms with Crippen LogP contribution in [0.3, 0.4) is 0 Å². The number of benzene rings is 1. The van der Waals surface area contributed by atoms with Crippen LogP contribution in [0.2, 0.25) is 0 Å². The molecule has 6 heteroatoms. The van der Waals surface area contributed by atoms with E-state index in [9.17, 15) is 9.59 Å². The van der Waals surface area contributed by atoms with Crippen molar-refractivity contribution in [1.82, 2.24) is 10.3 Å². The number of anilines is 1. The van der Waals surface area contributed by atoms with E-state index in [-0.39, 0.29) is 24.3 Å². The molecule has 0 fully saturated rings. The number of amides is 2. The number of hydrogen-bond donors (Lipinski definition) is 1. The van der Waals surface area contributed by atoms with Gasteiger partial charge in [-0.3, -0.25) is 14.6 Å². The zero-order valence-electron chi connectivity index (χ0n) is 16.0. The van der Waals surface area contributed by atoms with Gasteiger partial charge < -0.3 is 15.0 Å². The number of pyridine rings is 1. The molecule has 1 N–H and O–H groups in total. The summed E-state index contributed by atoms with van der Waals surface area (Å²) < 4.78 is 5.64. The number of rotatable bonds is 6. The average Bonchev–Trinajstić information content (AvgIpc) is 2.68. The second-order valence-electron chi connectivity index (χ2n) is 6.76. The van der Waals surface area contributed by atoms with Crippen molar-refractivity contribution in [3.05, 3.63) is 53.3 Å². The number of nitrogens with zero attached hydrogens (tertiary/aromatic N) is 2. The van der Waals surface area contributed by atoms with Gasteiger partial charge in [-0.2, -0.15) is 0 Å². The molecule has 0 saturated carbocycles. The lowest BCUT2D eigenvalue weighted by Gasteiger charge is -2.31. The van der Waals surface area contributed by atoms with Gasteiger partial charge in [0.15, 0.2) is 6.61 Å². The molecular formula is C21H25N3O3. The molecule has 1 atom stereocenters. The summed E-state index contributed by atoms with van der Waals surface area (Å²) in [5.41, 5.74) is 3.76. The fraction of sp³-hybridized carbons (Fsp3) is 0.381. The Labute approximate surface area is 159 Å². The van der Waals surface area contributed by atoms with Crippen LogP contribution >= 0.6 is 0 Å². The third kappa shape index (κ3) is 4.27. The summed E-state index contributed by atoms with van der Waals surface area (Å²) in [6.07, 6.45) is 1.13. The predicted molar refractivity (Wildman–Crippen MR) is 104 cm³/mol. The summed E-state index contributed by atoms with van der Waals surface area (Å²) in [6, 6.07) is 11.5. The highest BCUT2D eigenvalue weighted by molar-refractivity contribution is 5.96. The fourth-order valence-electron chi connectivity index (χ4n) is 3.33. The number of aryl methyl sites for hydroxylation is 2. The van der Waals surface area contributed by atoms with E-state index in [0.717, 1.165) is 29.1 Å². The van der Waals surface area contributed by atoms with E-state index in [4.69, 9.17) is 4.74 Å². The van der Waals surface area contributed by atoms with Crippen LogP contribution in [0.1, 0.15) is 36.2 Å². The van der Waals surface area contributed by atoms with Gasteiger partial charge >= 0.3 is 0 Å². The molecule has 2 aromatic rings. The van der Waals surface area contributed by atoms with Crippen LogP contribution in [-0.4, -0.2) is 37.0 Å². The first-order chi connectivity index (χ1) is 13.0. The van der Waals surface area contributed by atoms with Gasteiger partial charge in [-0.25, -0.2) is 0 Å². The molecule has 1 aliphatic rings. The van der Waals surface area contributed by atoms with Crippen LogP contribution in [0.25, 0.3) is 0 Å². The summed E-state index contributed by atoms with van der Waals surface area (Å²) in [7, 11) is 1.78. The van der Waals surface area contributed by atoms with Crippen LogP contribution in [0.4, 0.5) is 5.69 Å². The molecule has 0 saturated heterocycles. The molecule has 0 bridgehead atoms. The monoisotopic (exact) mass is 367 g/mol. The number of carbonyl (C=O) groups excluding carboxylic acids is 2. The molecule has 142 valence electrons. The minimum Gasteiger partial charge on any atom is -0.482 e. The third-order valence-electron chi connectivity index (χ3n) is 4.84. The molecule has 0 spiro atoms. The van der Waals surface area contributed by atoms with E-state index >= 15 is 0 Å². The number of carbonyl (C=O) groups is 2. The minimum atomic E-state index is -0.207. The van der Waals surface area contributed by atoms with Gasteiger partial charge in [-0.15, -0.1) is 0 Å². The van der Waals surface area contributed by atoms with Gasteiger partial charge in [-0.05, 0) is 37.1 Å². The van der Waals surface area contributed by atoms with E-state index in [2.05, 4.69) is 10.3 Å². The summed E-state index contributed by atoms with van der Waals surface area (Å²) in [5, 5.41) is 2.89. The normalized spacial score (nSPS) is 16.0. The van der Waals surface area contributed by atoms with E-state index < -0.39 is 0 Å². The molecular weight excluding hydrogens is 342 g/mol. The molecule has 2 heterocycles. The van der Waals surface area contributed by atoms with E-state index in [1.165, 1.54) is 0 Å². The zero-order chi connectivity index (χ0) is 19.4. The fourth-order valence-corrected chi connectivity index (χ4v) is 3.33. The number of aromatic nitrogens is 1. The summed E-state index contributed by atoms with van der Waals surface area (Å²) in [5.74, 6) is 0.461. The number of para-hydroxylation sites is 1. The standard InChI is InChI=1S/C21H25N3O3/c1-4-17-19(10-9-14(2)23-17)27-13-20(25)22-12-15-11-21(26)24(3)18-8-6-5-7-16(15)18/h5-10,15H,4,11-13H2,1-3H3,(H,22,25)/t15-/m0/s1. The van der Waals surface area contributed by atoms with Gasteiger partial charge in [0.05, 0.1) is 5.69 Å². The number of nitrogens with one attached hydrogen (secondary N) is 1. The SMILES string of the molecule is CCc1nc(C)ccc1OCC(=O)NC[C@@H]1CC(=O)N(C)c2ccccc21. The first-order valence-corrected chi connectivity index (χ1v) is 9.21. The Bertz CT molecular complexity index is 850. The summed E-state index contributed by atoms with van der Waals surface area (Å²) >= 11 is 0. The number of hydrogen-bond acceptors (Lipinski definition) is 4. The second-order valence-corrected chi connectivity index (χ2v) is 6.76. The molecule has 1 aromatic heterocycles. The first-order valence-electron chi connectivity index (χ1n) is 9.21. The maximum atomic E-state index is 12.2. The van der Waals surface area contributed by atoms with Crippen molar-refractivity contribution < 1.29 is 14.3 Å². The second kappa shape index (κ2) is 8.20. The maximum absolute atomic E-state index is 12.2. The molecule has 1 aromatic carbocycles. The zero-order valence-corrected chi connectivity index (χ0v) is 16.0. The van der Waals surface area contributed by atoms with Gasteiger partial charge in [-0.1, -0.05) is 25.1 Å². The van der Waals surface area contributed by atoms with Crippen molar-refractivity contribution >= 4 is 17.5 Å². The van der Waals surface area contributed by atoms with Crippen LogP contribution < -0.4 is 15.0 Å². The molecule has 6 nitrogen and oxygen atoms in total.